The lowest BCUT2D eigenvalue weighted by molar-refractivity contribution is -0.133. The molecule has 3 atom stereocenters. The van der Waals surface area contributed by atoms with Crippen molar-refractivity contribution in [1.29, 1.82) is 0 Å². The Kier molecular flexibility index (Phi) is 7.09. The van der Waals surface area contributed by atoms with Crippen LogP contribution in [-0.2, 0) is 14.0 Å². The van der Waals surface area contributed by atoms with Gasteiger partial charge in [-0.15, -0.1) is 0 Å². The van der Waals surface area contributed by atoms with E-state index in [0.29, 0.717) is 22.8 Å². The van der Waals surface area contributed by atoms with Gasteiger partial charge >= 0.3 is 6.09 Å². The number of benzene rings is 2. The molecule has 188 valence electrons. The lowest BCUT2D eigenvalue weighted by Gasteiger charge is -2.35. The highest BCUT2D eigenvalue weighted by atomic mass is 28.4. The highest BCUT2D eigenvalue weighted by molar-refractivity contribution is 6.69. The van der Waals surface area contributed by atoms with E-state index in [1.54, 1.807) is 19.2 Å². The molecule has 0 radical (unpaired) electrons. The van der Waals surface area contributed by atoms with Crippen LogP contribution < -0.4 is 14.2 Å². The van der Waals surface area contributed by atoms with E-state index in [4.69, 9.17) is 23.4 Å². The normalized spacial score (nSPS) is 19.0. The summed E-state index contributed by atoms with van der Waals surface area (Å²) >= 11 is 0. The number of hydrogen-bond acceptors (Lipinski definition) is 7. The average molecular weight is 500 g/mol. The molecule has 1 saturated heterocycles. The predicted octanol–water partition coefficient (Wildman–Crippen LogP) is 5.10. The lowest BCUT2D eigenvalue weighted by Crippen LogP contribution is -2.46. The zero-order valence-corrected chi connectivity index (χ0v) is 22.1. The molecule has 0 N–H and O–H groups in total. The minimum atomic E-state index is -2.16. The number of amides is 2. The highest BCUT2D eigenvalue weighted by Crippen LogP contribution is 2.43. The van der Waals surface area contributed by atoms with E-state index in [0.717, 1.165) is 5.56 Å². The van der Waals surface area contributed by atoms with Crippen LogP contribution in [0, 0.1) is 5.92 Å². The zero-order chi connectivity index (χ0) is 25.3. The number of imide groups is 1. The minimum Gasteiger partial charge on any atom is -0.497 e. The third kappa shape index (κ3) is 5.30. The third-order valence-corrected chi connectivity index (χ3v) is 7.12. The molecule has 0 aromatic heterocycles. The van der Waals surface area contributed by atoms with Crippen molar-refractivity contribution < 1.29 is 33.0 Å². The van der Waals surface area contributed by atoms with Crippen LogP contribution >= 0.6 is 0 Å². The van der Waals surface area contributed by atoms with Crippen LogP contribution in [0.2, 0.25) is 19.6 Å². The van der Waals surface area contributed by atoms with Crippen molar-refractivity contribution >= 4 is 20.3 Å². The molecule has 35 heavy (non-hydrogen) atoms. The topological polar surface area (TPSA) is 83.5 Å². The van der Waals surface area contributed by atoms with Crippen molar-refractivity contribution in [2.45, 2.75) is 51.6 Å². The average Bonchev–Trinajstić information content (AvgIpc) is 3.44. The highest BCUT2D eigenvalue weighted by Gasteiger charge is 2.46. The second-order valence-corrected chi connectivity index (χ2v) is 14.6. The molecule has 2 aromatic carbocycles. The summed E-state index contributed by atoms with van der Waals surface area (Å²) in [6.45, 7) is 10.5. The van der Waals surface area contributed by atoms with E-state index in [9.17, 15) is 9.59 Å². The second-order valence-electron chi connectivity index (χ2n) is 10.1. The van der Waals surface area contributed by atoms with Crippen molar-refractivity contribution in [2.75, 3.05) is 20.5 Å². The van der Waals surface area contributed by atoms with Crippen LogP contribution in [0.25, 0.3) is 0 Å². The van der Waals surface area contributed by atoms with Gasteiger partial charge in [-0.2, -0.15) is 0 Å². The molecule has 0 bridgehead atoms. The molecule has 2 amide bonds. The van der Waals surface area contributed by atoms with Gasteiger partial charge in [0.15, 0.2) is 19.8 Å². The fourth-order valence-corrected chi connectivity index (χ4v) is 5.42. The summed E-state index contributed by atoms with van der Waals surface area (Å²) in [6, 6.07) is 12.6. The summed E-state index contributed by atoms with van der Waals surface area (Å²) in [6.07, 6.45) is -1.26. The van der Waals surface area contributed by atoms with Crippen LogP contribution in [0.3, 0.4) is 0 Å². The number of cyclic esters (lactones) is 1. The molecule has 0 unspecified atom stereocenters. The van der Waals surface area contributed by atoms with Crippen molar-refractivity contribution in [2.24, 2.45) is 5.92 Å². The molecule has 8 nitrogen and oxygen atoms in total. The number of fused-ring (bicyclic) bond motifs is 1. The van der Waals surface area contributed by atoms with Gasteiger partial charge in [0.2, 0.25) is 12.7 Å². The Bertz CT molecular complexity index is 1080. The monoisotopic (exact) mass is 499 g/mol. The van der Waals surface area contributed by atoms with Gasteiger partial charge in [-0.3, -0.25) is 4.79 Å². The molecule has 9 heteroatoms. The Morgan fingerprint density at radius 2 is 1.66 bits per heavy atom. The maximum absolute atomic E-state index is 14.3. The maximum Gasteiger partial charge on any atom is 0.417 e. The Morgan fingerprint density at radius 1 is 1.00 bits per heavy atom. The lowest BCUT2D eigenvalue weighted by atomic mass is 9.87. The first-order valence-electron chi connectivity index (χ1n) is 11.8. The number of ether oxygens (including phenoxy) is 4. The van der Waals surface area contributed by atoms with Crippen molar-refractivity contribution in [3.63, 3.8) is 0 Å². The summed E-state index contributed by atoms with van der Waals surface area (Å²) in [5.41, 5.74) is 1.50. The number of methoxy groups -OCH3 is 1. The predicted molar refractivity (Wildman–Crippen MR) is 132 cm³/mol. The van der Waals surface area contributed by atoms with Crippen LogP contribution in [0.1, 0.15) is 37.0 Å². The minimum absolute atomic E-state index is 0.0418. The third-order valence-electron chi connectivity index (χ3n) is 6.16. The quantitative estimate of drug-likeness (QED) is 0.467. The van der Waals surface area contributed by atoms with E-state index >= 15 is 0 Å². The Labute approximate surface area is 207 Å². The molecule has 2 aromatic rings. The summed E-state index contributed by atoms with van der Waals surface area (Å²) in [5, 5.41) is 0. The Hall–Kier alpha value is -3.04. The molecule has 4 rings (SSSR count). The van der Waals surface area contributed by atoms with Crippen molar-refractivity contribution in [1.82, 2.24) is 4.90 Å². The number of nitrogens with zero attached hydrogens (tertiary/aromatic N) is 1. The van der Waals surface area contributed by atoms with E-state index in [1.165, 1.54) is 4.90 Å². The van der Waals surface area contributed by atoms with Gasteiger partial charge in [0.05, 0.1) is 25.2 Å². The van der Waals surface area contributed by atoms with Crippen LogP contribution in [0.5, 0.6) is 17.2 Å². The summed E-state index contributed by atoms with van der Waals surface area (Å²) in [7, 11) is -0.550. The van der Waals surface area contributed by atoms with Gasteiger partial charge in [-0.1, -0.05) is 32.0 Å². The van der Waals surface area contributed by atoms with E-state index in [-0.39, 0.29) is 31.3 Å². The van der Waals surface area contributed by atoms with Crippen molar-refractivity contribution in [3.8, 4) is 17.2 Å². The van der Waals surface area contributed by atoms with Gasteiger partial charge < -0.3 is 23.4 Å². The van der Waals surface area contributed by atoms with E-state index in [1.807, 2.05) is 44.2 Å². The van der Waals surface area contributed by atoms with E-state index in [2.05, 4.69) is 19.6 Å². The molecule has 0 spiro atoms. The van der Waals surface area contributed by atoms with Gasteiger partial charge in [0, 0.05) is 0 Å². The van der Waals surface area contributed by atoms with Crippen molar-refractivity contribution in [3.05, 3.63) is 53.6 Å². The van der Waals surface area contributed by atoms with Crippen LogP contribution in [0.15, 0.2) is 42.5 Å². The Morgan fingerprint density at radius 3 is 2.29 bits per heavy atom. The maximum atomic E-state index is 14.3. The SMILES string of the molecule is COc1ccc([C@H](O[Si](C)(C)C)[C@@H](C(=O)N2C(=O)OC[C@@H]2C(C)C)c2ccc3c(c2)OCO3)cc1. The largest absolute Gasteiger partial charge is 0.497 e. The van der Waals surface area contributed by atoms with Gasteiger partial charge in [0.25, 0.3) is 0 Å². The number of carbonyl (C=O) groups excluding carboxylic acids is 2. The molecule has 0 aliphatic carbocycles. The molecular weight excluding hydrogens is 466 g/mol. The first-order chi connectivity index (χ1) is 16.6. The molecule has 2 heterocycles. The molecule has 1 fully saturated rings. The number of carbonyl (C=O) groups is 2. The summed E-state index contributed by atoms with van der Waals surface area (Å²) < 4.78 is 28.4. The molecule has 2 aliphatic rings. The molecule has 2 aliphatic heterocycles. The van der Waals surface area contributed by atoms with Gasteiger partial charge in [0.1, 0.15) is 12.4 Å². The van der Waals surface area contributed by atoms with Crippen LogP contribution in [-0.4, -0.2) is 51.8 Å². The molecular formula is C26H33NO7Si. The van der Waals surface area contributed by atoms with Gasteiger partial charge in [-0.05, 0) is 61.0 Å². The first kappa shape index (κ1) is 25.1. The number of hydrogen-bond donors (Lipinski definition) is 0. The first-order valence-corrected chi connectivity index (χ1v) is 15.2. The van der Waals surface area contributed by atoms with Crippen LogP contribution in [0.4, 0.5) is 4.79 Å². The fourth-order valence-electron chi connectivity index (χ4n) is 4.39. The smallest absolute Gasteiger partial charge is 0.417 e. The zero-order valence-electron chi connectivity index (χ0n) is 21.1. The Balaban J connectivity index is 1.85. The number of rotatable bonds is 8. The van der Waals surface area contributed by atoms with E-state index < -0.39 is 26.4 Å². The van der Waals surface area contributed by atoms with Gasteiger partial charge in [-0.25, -0.2) is 9.69 Å². The standard InChI is InChI=1S/C26H33NO7Si/c1-16(2)20-14-31-26(29)27(20)25(28)23(18-9-12-21-22(13-18)33-15-32-21)24(34-35(4,5)6)17-7-10-19(30-3)11-8-17/h7-13,16,20,23-24H,14-15H2,1-6H3/t20-,23+,24+/m1/s1. The summed E-state index contributed by atoms with van der Waals surface area (Å²) in [4.78, 5) is 28.3. The second kappa shape index (κ2) is 9.91. The summed E-state index contributed by atoms with van der Waals surface area (Å²) in [5.74, 6) is 0.758. The molecule has 0 saturated carbocycles. The fraction of sp³-hybridized carbons (Fsp3) is 0.462.